The van der Waals surface area contributed by atoms with Crippen LogP contribution in [0.1, 0.15) is 21.5 Å². The van der Waals surface area contributed by atoms with Gasteiger partial charge in [0.1, 0.15) is 0 Å². The number of carbonyl (C=O) groups excluding carboxylic acids is 1. The Morgan fingerprint density at radius 2 is 1.70 bits per heavy atom. The molecule has 1 saturated heterocycles. The molecular formula is C20H25N3O3S. The van der Waals surface area contributed by atoms with Gasteiger partial charge in [-0.1, -0.05) is 30.3 Å². The van der Waals surface area contributed by atoms with E-state index in [4.69, 9.17) is 0 Å². The topological polar surface area (TPSA) is 69.7 Å². The predicted octanol–water partition coefficient (Wildman–Crippen LogP) is 2.32. The molecule has 0 aromatic heterocycles. The summed E-state index contributed by atoms with van der Waals surface area (Å²) in [7, 11) is -3.34. The zero-order valence-electron chi connectivity index (χ0n) is 15.7. The minimum Gasteiger partial charge on any atom is -0.336 e. The van der Waals surface area contributed by atoms with Gasteiger partial charge in [-0.05, 0) is 36.2 Å². The van der Waals surface area contributed by atoms with Crippen molar-refractivity contribution in [3.05, 3.63) is 65.2 Å². The summed E-state index contributed by atoms with van der Waals surface area (Å²) < 4.78 is 25.2. The smallest absolute Gasteiger partial charge is 0.253 e. The molecule has 0 radical (unpaired) electrons. The molecule has 1 aliphatic rings. The van der Waals surface area contributed by atoms with Gasteiger partial charge in [-0.15, -0.1) is 0 Å². The molecule has 0 atom stereocenters. The molecule has 0 saturated carbocycles. The highest BCUT2D eigenvalue weighted by molar-refractivity contribution is 7.92. The summed E-state index contributed by atoms with van der Waals surface area (Å²) in [6, 6.07) is 15.4. The molecule has 2 aromatic carbocycles. The number of nitrogens with one attached hydrogen (secondary N) is 1. The van der Waals surface area contributed by atoms with Crippen LogP contribution in [0.5, 0.6) is 0 Å². The molecule has 144 valence electrons. The highest BCUT2D eigenvalue weighted by atomic mass is 32.2. The zero-order chi connectivity index (χ0) is 19.4. The number of sulfonamides is 1. The summed E-state index contributed by atoms with van der Waals surface area (Å²) in [6.45, 7) is 5.75. The molecule has 1 aliphatic heterocycles. The van der Waals surface area contributed by atoms with Gasteiger partial charge in [-0.25, -0.2) is 8.42 Å². The lowest BCUT2D eigenvalue weighted by Gasteiger charge is -2.35. The third kappa shape index (κ3) is 5.30. The van der Waals surface area contributed by atoms with Crippen LogP contribution >= 0.6 is 0 Å². The standard InChI is InChI=1S/C20H25N3O3S/c1-16-14-18(8-9-19(16)21-27(2,25)26)20(24)23-12-10-22(11-13-23)15-17-6-4-3-5-7-17/h3-9,14,21H,10-13,15H2,1-2H3. The first-order valence-electron chi connectivity index (χ1n) is 8.96. The summed E-state index contributed by atoms with van der Waals surface area (Å²) in [6.07, 6.45) is 1.11. The van der Waals surface area contributed by atoms with Crippen molar-refractivity contribution < 1.29 is 13.2 Å². The van der Waals surface area contributed by atoms with Gasteiger partial charge in [0.2, 0.25) is 10.0 Å². The van der Waals surface area contributed by atoms with Crippen LogP contribution in [0.25, 0.3) is 0 Å². The van der Waals surface area contributed by atoms with Crippen LogP contribution in [0.2, 0.25) is 0 Å². The lowest BCUT2D eigenvalue weighted by molar-refractivity contribution is 0.0628. The zero-order valence-corrected chi connectivity index (χ0v) is 16.5. The minimum absolute atomic E-state index is 0.0108. The van der Waals surface area contributed by atoms with E-state index in [2.05, 4.69) is 21.8 Å². The van der Waals surface area contributed by atoms with Gasteiger partial charge < -0.3 is 4.90 Å². The van der Waals surface area contributed by atoms with Crippen LogP contribution < -0.4 is 4.72 Å². The molecule has 3 rings (SSSR count). The molecule has 0 unspecified atom stereocenters. The van der Waals surface area contributed by atoms with Crippen LogP contribution in [0.15, 0.2) is 48.5 Å². The Labute approximate surface area is 160 Å². The SMILES string of the molecule is Cc1cc(C(=O)N2CCN(Cc3ccccc3)CC2)ccc1NS(C)(=O)=O. The molecule has 0 spiro atoms. The molecule has 1 fully saturated rings. The number of benzene rings is 2. The van der Waals surface area contributed by atoms with Gasteiger partial charge in [0, 0.05) is 38.3 Å². The Bertz CT molecular complexity index is 905. The van der Waals surface area contributed by atoms with Crippen LogP contribution in [0, 0.1) is 6.92 Å². The summed E-state index contributed by atoms with van der Waals surface area (Å²) in [4.78, 5) is 17.0. The second kappa shape index (κ2) is 8.10. The Kier molecular flexibility index (Phi) is 5.82. The van der Waals surface area contributed by atoms with Gasteiger partial charge in [0.25, 0.3) is 5.91 Å². The summed E-state index contributed by atoms with van der Waals surface area (Å²) in [5.41, 5.74) is 3.10. The average Bonchev–Trinajstić information content (AvgIpc) is 2.63. The first-order valence-corrected chi connectivity index (χ1v) is 10.8. The van der Waals surface area contributed by atoms with E-state index in [-0.39, 0.29) is 5.91 Å². The molecule has 7 heteroatoms. The van der Waals surface area contributed by atoms with Crippen molar-refractivity contribution in [2.45, 2.75) is 13.5 Å². The van der Waals surface area contributed by atoms with Crippen LogP contribution in [0.4, 0.5) is 5.69 Å². The first kappa shape index (κ1) is 19.4. The number of hydrogen-bond acceptors (Lipinski definition) is 4. The van der Waals surface area contributed by atoms with Crippen molar-refractivity contribution in [2.24, 2.45) is 0 Å². The van der Waals surface area contributed by atoms with Gasteiger partial charge in [0.05, 0.1) is 11.9 Å². The van der Waals surface area contributed by atoms with Gasteiger partial charge in [-0.2, -0.15) is 0 Å². The molecule has 1 amide bonds. The maximum absolute atomic E-state index is 12.8. The van der Waals surface area contributed by atoms with E-state index in [0.717, 1.165) is 31.5 Å². The predicted molar refractivity (Wildman–Crippen MR) is 107 cm³/mol. The second-order valence-electron chi connectivity index (χ2n) is 6.96. The van der Waals surface area contributed by atoms with E-state index in [1.165, 1.54) is 5.56 Å². The number of aryl methyl sites for hydroxylation is 1. The lowest BCUT2D eigenvalue weighted by Crippen LogP contribution is -2.48. The number of carbonyl (C=O) groups is 1. The van der Waals surface area contributed by atoms with E-state index >= 15 is 0 Å². The molecule has 6 nitrogen and oxygen atoms in total. The number of anilines is 1. The fourth-order valence-electron chi connectivity index (χ4n) is 3.24. The van der Waals surface area contributed by atoms with Crippen molar-refractivity contribution >= 4 is 21.6 Å². The lowest BCUT2D eigenvalue weighted by atomic mass is 10.1. The van der Waals surface area contributed by atoms with Crippen molar-refractivity contribution in [1.29, 1.82) is 0 Å². The molecular weight excluding hydrogens is 362 g/mol. The summed E-state index contributed by atoms with van der Waals surface area (Å²) in [5.74, 6) is -0.0108. The number of rotatable bonds is 5. The summed E-state index contributed by atoms with van der Waals surface area (Å²) in [5, 5.41) is 0. The number of nitrogens with zero attached hydrogens (tertiary/aromatic N) is 2. The van der Waals surface area contributed by atoms with Crippen molar-refractivity contribution in [2.75, 3.05) is 37.2 Å². The van der Waals surface area contributed by atoms with Crippen molar-refractivity contribution in [3.63, 3.8) is 0 Å². The fourth-order valence-corrected chi connectivity index (χ4v) is 3.87. The van der Waals surface area contributed by atoms with E-state index in [0.29, 0.717) is 24.3 Å². The van der Waals surface area contributed by atoms with Crippen molar-refractivity contribution in [1.82, 2.24) is 9.80 Å². The monoisotopic (exact) mass is 387 g/mol. The largest absolute Gasteiger partial charge is 0.336 e. The van der Waals surface area contributed by atoms with Gasteiger partial charge in [0.15, 0.2) is 0 Å². The van der Waals surface area contributed by atoms with Crippen LogP contribution in [0.3, 0.4) is 0 Å². The van der Waals surface area contributed by atoms with E-state index < -0.39 is 10.0 Å². The highest BCUT2D eigenvalue weighted by Gasteiger charge is 2.22. The Hall–Kier alpha value is -2.38. The molecule has 0 aliphatic carbocycles. The molecule has 0 bridgehead atoms. The highest BCUT2D eigenvalue weighted by Crippen LogP contribution is 2.19. The third-order valence-electron chi connectivity index (χ3n) is 4.68. The number of amides is 1. The maximum Gasteiger partial charge on any atom is 0.253 e. The second-order valence-corrected chi connectivity index (χ2v) is 8.71. The Balaban J connectivity index is 1.60. The minimum atomic E-state index is -3.34. The summed E-state index contributed by atoms with van der Waals surface area (Å²) >= 11 is 0. The third-order valence-corrected chi connectivity index (χ3v) is 5.27. The first-order chi connectivity index (χ1) is 12.8. The maximum atomic E-state index is 12.8. The average molecular weight is 388 g/mol. The van der Waals surface area contributed by atoms with E-state index in [9.17, 15) is 13.2 Å². The molecule has 27 heavy (non-hydrogen) atoms. The van der Waals surface area contributed by atoms with Crippen LogP contribution in [-0.4, -0.2) is 56.6 Å². The molecule has 1 N–H and O–H groups in total. The van der Waals surface area contributed by atoms with Crippen molar-refractivity contribution in [3.8, 4) is 0 Å². The fraction of sp³-hybridized carbons (Fsp3) is 0.350. The van der Waals surface area contributed by atoms with Crippen LogP contribution in [-0.2, 0) is 16.6 Å². The Morgan fingerprint density at radius 1 is 1.04 bits per heavy atom. The normalized spacial score (nSPS) is 15.6. The quantitative estimate of drug-likeness (QED) is 0.855. The number of piperazine rings is 1. The van der Waals surface area contributed by atoms with E-state index in [1.807, 2.05) is 23.1 Å². The van der Waals surface area contributed by atoms with Gasteiger partial charge >= 0.3 is 0 Å². The Morgan fingerprint density at radius 3 is 2.30 bits per heavy atom. The van der Waals surface area contributed by atoms with Gasteiger partial charge in [-0.3, -0.25) is 14.4 Å². The molecule has 2 aromatic rings. The van der Waals surface area contributed by atoms with E-state index in [1.54, 1.807) is 25.1 Å². The number of hydrogen-bond donors (Lipinski definition) is 1. The molecule has 1 heterocycles.